The second-order valence-electron chi connectivity index (χ2n) is 1.48. The predicted molar refractivity (Wildman–Crippen MR) is 34.0 cm³/mol. The van der Waals surface area contributed by atoms with Gasteiger partial charge in [0.2, 0.25) is 0 Å². The smallest absolute Gasteiger partial charge is 0.0810 e. The minimum absolute atomic E-state index is 0.0104. The molecule has 0 unspecified atom stereocenters. The van der Waals surface area contributed by atoms with E-state index in [9.17, 15) is 0 Å². The molecule has 0 aromatic heterocycles. The molecule has 0 aromatic rings. The van der Waals surface area contributed by atoms with Gasteiger partial charge in [0.05, 0.1) is 10.9 Å². The van der Waals surface area contributed by atoms with E-state index in [-0.39, 0.29) is 5.75 Å². The Bertz CT molecular complexity index is 62.0. The zero-order valence-electron chi connectivity index (χ0n) is 4.45. The first-order valence-electron chi connectivity index (χ1n) is 2.24. The van der Waals surface area contributed by atoms with Crippen LogP contribution in [-0.4, -0.2) is 26.0 Å². The SMILES string of the molecule is NCCCS(O)(O)O. The summed E-state index contributed by atoms with van der Waals surface area (Å²) in [7, 11) is -3.27. The van der Waals surface area contributed by atoms with E-state index in [1.807, 2.05) is 0 Å². The van der Waals surface area contributed by atoms with E-state index in [4.69, 9.17) is 19.4 Å². The Morgan fingerprint density at radius 3 is 1.88 bits per heavy atom. The first kappa shape index (κ1) is 8.19. The highest BCUT2D eigenvalue weighted by Crippen LogP contribution is 2.32. The van der Waals surface area contributed by atoms with Crippen molar-refractivity contribution in [2.75, 3.05) is 12.3 Å². The molecular formula is C3H11NO3S. The average Bonchev–Trinajstić information content (AvgIpc) is 1.59. The van der Waals surface area contributed by atoms with E-state index in [0.717, 1.165) is 0 Å². The molecule has 0 heterocycles. The zero-order valence-corrected chi connectivity index (χ0v) is 5.27. The van der Waals surface area contributed by atoms with Gasteiger partial charge < -0.3 is 19.4 Å². The van der Waals surface area contributed by atoms with Gasteiger partial charge in [-0.25, -0.2) is 0 Å². The Balaban J connectivity index is 3.11. The number of hydrogen-bond acceptors (Lipinski definition) is 4. The Morgan fingerprint density at radius 2 is 1.75 bits per heavy atom. The van der Waals surface area contributed by atoms with Crippen LogP contribution in [0.15, 0.2) is 0 Å². The van der Waals surface area contributed by atoms with Crippen LogP contribution >= 0.6 is 10.9 Å². The summed E-state index contributed by atoms with van der Waals surface area (Å²) in [6.07, 6.45) is 0.443. The van der Waals surface area contributed by atoms with Gasteiger partial charge in [0, 0.05) is 5.75 Å². The van der Waals surface area contributed by atoms with Gasteiger partial charge in [-0.3, -0.25) is 0 Å². The molecule has 0 aliphatic heterocycles. The highest BCUT2D eigenvalue weighted by molar-refractivity contribution is 8.19. The standard InChI is InChI=1S/C3H11NO3S/c4-2-1-3-8(5,6)7/h5-7H,1-4H2. The fourth-order valence-electron chi connectivity index (χ4n) is 0.277. The van der Waals surface area contributed by atoms with Crippen LogP contribution in [0.2, 0.25) is 0 Å². The maximum atomic E-state index is 8.29. The molecule has 0 aliphatic carbocycles. The van der Waals surface area contributed by atoms with E-state index >= 15 is 0 Å². The van der Waals surface area contributed by atoms with Crippen LogP contribution in [0.25, 0.3) is 0 Å². The predicted octanol–water partition coefficient (Wildman–Crippen LogP) is 0.559. The third-order valence-electron chi connectivity index (χ3n) is 0.622. The lowest BCUT2D eigenvalue weighted by molar-refractivity contribution is 0.375. The second-order valence-corrected chi connectivity index (χ2v) is 3.15. The van der Waals surface area contributed by atoms with Gasteiger partial charge in [-0.15, -0.1) is 0 Å². The number of nitrogens with two attached hydrogens (primary N) is 1. The Labute approximate surface area is 49.9 Å². The van der Waals surface area contributed by atoms with Crippen LogP contribution in [0.3, 0.4) is 0 Å². The van der Waals surface area contributed by atoms with E-state index < -0.39 is 10.9 Å². The van der Waals surface area contributed by atoms with Crippen LogP contribution in [-0.2, 0) is 0 Å². The summed E-state index contributed by atoms with van der Waals surface area (Å²) in [5.74, 6) is -0.0104. The topological polar surface area (TPSA) is 86.7 Å². The van der Waals surface area contributed by atoms with E-state index in [1.54, 1.807) is 0 Å². The van der Waals surface area contributed by atoms with Gasteiger partial charge in [0.1, 0.15) is 0 Å². The third kappa shape index (κ3) is 6.19. The molecule has 5 N–H and O–H groups in total. The molecule has 4 nitrogen and oxygen atoms in total. The van der Waals surface area contributed by atoms with Crippen molar-refractivity contribution in [1.82, 2.24) is 0 Å². The van der Waals surface area contributed by atoms with Gasteiger partial charge in [0.25, 0.3) is 0 Å². The van der Waals surface area contributed by atoms with Crippen LogP contribution in [0.4, 0.5) is 0 Å². The van der Waals surface area contributed by atoms with E-state index in [1.165, 1.54) is 0 Å². The fourth-order valence-corrected chi connectivity index (χ4v) is 0.831. The van der Waals surface area contributed by atoms with Gasteiger partial charge in [-0.2, -0.15) is 0 Å². The maximum Gasteiger partial charge on any atom is 0.0810 e. The molecule has 0 spiro atoms. The van der Waals surface area contributed by atoms with Gasteiger partial charge >= 0.3 is 0 Å². The van der Waals surface area contributed by atoms with Crippen molar-refractivity contribution >= 4 is 10.9 Å². The summed E-state index contributed by atoms with van der Waals surface area (Å²) in [4.78, 5) is 0. The van der Waals surface area contributed by atoms with Crippen LogP contribution < -0.4 is 5.73 Å². The average molecular weight is 141 g/mol. The molecule has 0 aromatic carbocycles. The lowest BCUT2D eigenvalue weighted by Crippen LogP contribution is -2.07. The highest BCUT2D eigenvalue weighted by Gasteiger charge is 2.08. The third-order valence-corrected chi connectivity index (χ3v) is 1.46. The Kier molecular flexibility index (Phi) is 3.34. The lowest BCUT2D eigenvalue weighted by Gasteiger charge is -2.17. The summed E-state index contributed by atoms with van der Waals surface area (Å²) in [6, 6.07) is 0. The van der Waals surface area contributed by atoms with Crippen molar-refractivity contribution in [3.8, 4) is 0 Å². The molecule has 0 radical (unpaired) electrons. The van der Waals surface area contributed by atoms with Crippen LogP contribution in [0.1, 0.15) is 6.42 Å². The Morgan fingerprint density at radius 1 is 1.25 bits per heavy atom. The molecule has 0 saturated heterocycles. The van der Waals surface area contributed by atoms with E-state index in [0.29, 0.717) is 13.0 Å². The molecule has 0 rings (SSSR count). The molecule has 0 atom stereocenters. The molecule has 0 bridgehead atoms. The molecule has 52 valence electrons. The fraction of sp³-hybridized carbons (Fsp3) is 1.00. The summed E-state index contributed by atoms with van der Waals surface area (Å²) in [5.41, 5.74) is 5.02. The molecule has 5 heteroatoms. The number of rotatable bonds is 3. The zero-order chi connectivity index (χ0) is 6.62. The van der Waals surface area contributed by atoms with Crippen molar-refractivity contribution in [3.05, 3.63) is 0 Å². The summed E-state index contributed by atoms with van der Waals surface area (Å²) < 4.78 is 24.9. The molecule has 0 saturated carbocycles. The second kappa shape index (κ2) is 3.26. The first-order valence-corrected chi connectivity index (χ1v) is 3.92. The summed E-state index contributed by atoms with van der Waals surface area (Å²) in [6.45, 7) is 0.371. The molecule has 0 amide bonds. The van der Waals surface area contributed by atoms with Crippen LogP contribution in [0.5, 0.6) is 0 Å². The first-order chi connectivity index (χ1) is 3.56. The maximum absolute atomic E-state index is 8.29. The summed E-state index contributed by atoms with van der Waals surface area (Å²) in [5, 5.41) is 0. The van der Waals surface area contributed by atoms with Crippen molar-refractivity contribution < 1.29 is 13.7 Å². The van der Waals surface area contributed by atoms with Crippen molar-refractivity contribution in [3.63, 3.8) is 0 Å². The quantitative estimate of drug-likeness (QED) is 0.462. The normalized spacial score (nSPS) is 14.0. The van der Waals surface area contributed by atoms with Gasteiger partial charge in [-0.1, -0.05) is 0 Å². The highest BCUT2D eigenvalue weighted by atomic mass is 32.3. The largest absolute Gasteiger partial charge is 0.330 e. The van der Waals surface area contributed by atoms with Crippen molar-refractivity contribution in [2.24, 2.45) is 5.73 Å². The molecule has 0 aliphatic rings. The monoisotopic (exact) mass is 141 g/mol. The molecule has 8 heavy (non-hydrogen) atoms. The minimum atomic E-state index is -3.27. The number of hydrogen-bond donors (Lipinski definition) is 4. The molecular weight excluding hydrogens is 130 g/mol. The minimum Gasteiger partial charge on any atom is -0.330 e. The van der Waals surface area contributed by atoms with Crippen LogP contribution in [0, 0.1) is 0 Å². The van der Waals surface area contributed by atoms with Gasteiger partial charge in [0.15, 0.2) is 0 Å². The van der Waals surface area contributed by atoms with Gasteiger partial charge in [-0.05, 0) is 13.0 Å². The Hall–Kier alpha value is 0.190. The van der Waals surface area contributed by atoms with Crippen molar-refractivity contribution in [2.45, 2.75) is 6.42 Å². The van der Waals surface area contributed by atoms with E-state index in [2.05, 4.69) is 0 Å². The van der Waals surface area contributed by atoms with Crippen molar-refractivity contribution in [1.29, 1.82) is 0 Å². The lowest BCUT2D eigenvalue weighted by atomic mass is 10.5. The summed E-state index contributed by atoms with van der Waals surface area (Å²) >= 11 is 0. The molecule has 0 fully saturated rings.